The van der Waals surface area contributed by atoms with E-state index in [-0.39, 0.29) is 12.6 Å². The molecule has 1 aromatic heterocycles. The van der Waals surface area contributed by atoms with Crippen molar-refractivity contribution in [1.82, 2.24) is 14.5 Å². The van der Waals surface area contributed by atoms with Crippen LogP contribution in [-0.2, 0) is 16.2 Å². The van der Waals surface area contributed by atoms with E-state index in [1.165, 1.54) is 12.1 Å². The number of ether oxygens (including phenoxy) is 2. The number of aryl methyl sites for hydroxylation is 1. The van der Waals surface area contributed by atoms with Gasteiger partial charge in [0.25, 0.3) is 0 Å². The molecule has 216 valence electrons. The summed E-state index contributed by atoms with van der Waals surface area (Å²) in [4.78, 5) is 12.5. The van der Waals surface area contributed by atoms with Crippen molar-refractivity contribution in [3.63, 3.8) is 0 Å². The third-order valence-corrected chi connectivity index (χ3v) is 7.56. The van der Waals surface area contributed by atoms with Gasteiger partial charge in [0.2, 0.25) is 0 Å². The first-order chi connectivity index (χ1) is 20.5. The Labute approximate surface area is 243 Å². The first kappa shape index (κ1) is 27.7. The molecule has 1 fully saturated rings. The molecule has 42 heavy (non-hydrogen) atoms. The van der Waals surface area contributed by atoms with Crippen LogP contribution >= 0.6 is 0 Å². The molecule has 0 saturated carbocycles. The van der Waals surface area contributed by atoms with Gasteiger partial charge in [0.05, 0.1) is 44.1 Å². The van der Waals surface area contributed by atoms with E-state index < -0.39 is 17.7 Å². The largest absolute Gasteiger partial charge is 0.495 e. The van der Waals surface area contributed by atoms with Crippen molar-refractivity contribution in [3.8, 4) is 11.4 Å². The Hall–Kier alpha value is -4.50. The van der Waals surface area contributed by atoms with Gasteiger partial charge in [-0.15, -0.1) is 0 Å². The fourth-order valence-corrected chi connectivity index (χ4v) is 5.58. The highest BCUT2D eigenvalue weighted by atomic mass is 19.1. The number of imidazole rings is 1. The van der Waals surface area contributed by atoms with E-state index in [1.807, 2.05) is 66.2 Å². The van der Waals surface area contributed by atoms with Gasteiger partial charge < -0.3 is 23.8 Å². The van der Waals surface area contributed by atoms with Gasteiger partial charge in [-0.25, -0.2) is 13.8 Å². The van der Waals surface area contributed by atoms with Gasteiger partial charge in [-0.2, -0.15) is 0 Å². The lowest BCUT2D eigenvalue weighted by molar-refractivity contribution is -0.0556. The van der Waals surface area contributed by atoms with Gasteiger partial charge >= 0.3 is 0 Å². The molecule has 3 aromatic carbocycles. The number of nitrogens with zero attached hydrogens (tertiary/aromatic N) is 4. The van der Waals surface area contributed by atoms with E-state index in [2.05, 4.69) is 21.1 Å². The zero-order valence-corrected chi connectivity index (χ0v) is 23.5. The topological polar surface area (TPSA) is 61.1 Å². The normalized spacial score (nSPS) is 19.3. The Morgan fingerprint density at radius 2 is 1.86 bits per heavy atom. The van der Waals surface area contributed by atoms with E-state index in [4.69, 9.17) is 14.3 Å². The van der Waals surface area contributed by atoms with E-state index in [9.17, 15) is 8.78 Å². The number of hydrogen-bond donors (Lipinski definition) is 0. The maximum absolute atomic E-state index is 14.2. The van der Waals surface area contributed by atoms with E-state index in [0.717, 1.165) is 59.3 Å². The fraction of sp³-hybridized carbons (Fsp3) is 0.273. The average Bonchev–Trinajstić information content (AvgIpc) is 3.43. The molecule has 2 aliphatic rings. The van der Waals surface area contributed by atoms with Gasteiger partial charge in [0.15, 0.2) is 11.9 Å². The molecule has 2 aliphatic heterocycles. The Balaban J connectivity index is 1.30. The minimum Gasteiger partial charge on any atom is -0.495 e. The molecule has 4 aromatic rings. The van der Waals surface area contributed by atoms with Crippen molar-refractivity contribution in [3.05, 3.63) is 119 Å². The molecular weight excluding hydrogens is 538 g/mol. The van der Waals surface area contributed by atoms with Crippen molar-refractivity contribution in [2.75, 3.05) is 20.3 Å². The second-order valence-corrected chi connectivity index (χ2v) is 10.5. The number of methoxy groups -OCH3 is 1. The smallest absolute Gasteiger partial charge is 0.175 e. The zero-order valence-electron chi connectivity index (χ0n) is 23.5. The fourth-order valence-electron chi connectivity index (χ4n) is 5.58. The minimum atomic E-state index is -0.702. The highest BCUT2D eigenvalue weighted by Crippen LogP contribution is 2.36. The minimum absolute atomic E-state index is 0.289. The summed E-state index contributed by atoms with van der Waals surface area (Å²) in [6.45, 7) is 3.36. The number of hydrogen-bond acceptors (Lipinski definition) is 6. The predicted octanol–water partition coefficient (Wildman–Crippen LogP) is 6.62. The molecule has 0 bridgehead atoms. The van der Waals surface area contributed by atoms with Crippen molar-refractivity contribution in [2.24, 2.45) is 5.16 Å². The van der Waals surface area contributed by atoms with Crippen LogP contribution in [0.4, 0.5) is 8.78 Å². The number of benzene rings is 3. The Morgan fingerprint density at radius 1 is 1.05 bits per heavy atom. The summed E-state index contributed by atoms with van der Waals surface area (Å²) in [6.07, 6.45) is 6.79. The van der Waals surface area contributed by atoms with Crippen molar-refractivity contribution in [1.29, 1.82) is 0 Å². The SMILES string of the molecule is COc1cc(C=C2CCCN3C2=NO[C@@H](c2cc(F)cc(F)c2)[C@H]3COCc2ccccc2)ccc1-n1cnc(C)c1. The number of halogens is 2. The second-order valence-electron chi connectivity index (χ2n) is 10.5. The summed E-state index contributed by atoms with van der Waals surface area (Å²) < 4.78 is 42.2. The summed E-state index contributed by atoms with van der Waals surface area (Å²) in [5.41, 5.74) is 5.20. The van der Waals surface area contributed by atoms with Gasteiger partial charge in [0, 0.05) is 24.4 Å². The van der Waals surface area contributed by atoms with Crippen molar-refractivity contribution < 1.29 is 23.1 Å². The lowest BCUT2D eigenvalue weighted by Crippen LogP contribution is -2.52. The summed E-state index contributed by atoms with van der Waals surface area (Å²) in [5.74, 6) is 0.109. The molecule has 3 heterocycles. The zero-order chi connectivity index (χ0) is 29.1. The van der Waals surface area contributed by atoms with Crippen molar-refractivity contribution in [2.45, 2.75) is 38.5 Å². The molecule has 9 heteroatoms. The Bertz CT molecular complexity index is 1600. The number of rotatable bonds is 8. The van der Waals surface area contributed by atoms with E-state index in [0.29, 0.717) is 18.0 Å². The predicted molar refractivity (Wildman–Crippen MR) is 156 cm³/mol. The van der Waals surface area contributed by atoms with Crippen LogP contribution in [0.1, 0.15) is 41.3 Å². The van der Waals surface area contributed by atoms with E-state index in [1.54, 1.807) is 13.4 Å². The molecular formula is C33H32F2N4O3. The van der Waals surface area contributed by atoms with E-state index >= 15 is 0 Å². The van der Waals surface area contributed by atoms with Crippen LogP contribution in [0, 0.1) is 18.6 Å². The molecule has 0 amide bonds. The monoisotopic (exact) mass is 570 g/mol. The molecule has 2 atom stereocenters. The lowest BCUT2D eigenvalue weighted by atomic mass is 9.94. The molecule has 0 unspecified atom stereocenters. The first-order valence-corrected chi connectivity index (χ1v) is 14.0. The van der Waals surface area contributed by atoms with Crippen molar-refractivity contribution >= 4 is 11.9 Å². The average molecular weight is 571 g/mol. The van der Waals surface area contributed by atoms with Crippen LogP contribution in [0.5, 0.6) is 5.75 Å². The molecule has 0 N–H and O–H groups in total. The van der Waals surface area contributed by atoms with Gasteiger partial charge in [0.1, 0.15) is 17.4 Å². The summed E-state index contributed by atoms with van der Waals surface area (Å²) in [6, 6.07) is 19.0. The van der Waals surface area contributed by atoms with Crippen LogP contribution in [0.15, 0.2) is 90.0 Å². The van der Waals surface area contributed by atoms with Crippen LogP contribution in [0.3, 0.4) is 0 Å². The summed E-state index contributed by atoms with van der Waals surface area (Å²) in [5, 5.41) is 4.50. The second kappa shape index (κ2) is 12.2. The maximum atomic E-state index is 14.2. The first-order valence-electron chi connectivity index (χ1n) is 14.0. The summed E-state index contributed by atoms with van der Waals surface area (Å²) in [7, 11) is 1.65. The number of amidine groups is 1. The Kier molecular flexibility index (Phi) is 8.01. The molecule has 0 aliphatic carbocycles. The number of fused-ring (bicyclic) bond motifs is 1. The Morgan fingerprint density at radius 3 is 2.60 bits per heavy atom. The highest BCUT2D eigenvalue weighted by molar-refractivity contribution is 6.03. The van der Waals surface area contributed by atoms with Crippen LogP contribution in [-0.4, -0.2) is 46.6 Å². The maximum Gasteiger partial charge on any atom is 0.175 e. The number of piperidine rings is 1. The molecule has 0 spiro atoms. The van der Waals surface area contributed by atoms with Crippen LogP contribution in [0.2, 0.25) is 0 Å². The third-order valence-electron chi connectivity index (χ3n) is 7.56. The third kappa shape index (κ3) is 5.92. The van der Waals surface area contributed by atoms with Gasteiger partial charge in [-0.1, -0.05) is 41.6 Å². The van der Waals surface area contributed by atoms with Crippen LogP contribution < -0.4 is 4.74 Å². The van der Waals surface area contributed by atoms with Gasteiger partial charge in [-0.05, 0) is 66.8 Å². The van der Waals surface area contributed by atoms with Gasteiger partial charge in [-0.3, -0.25) is 0 Å². The number of oxime groups is 1. The van der Waals surface area contributed by atoms with Crippen LogP contribution in [0.25, 0.3) is 11.8 Å². The molecule has 6 rings (SSSR count). The standard InChI is InChI=1S/C33H32F2N4O3/c1-22-18-38(21-36-22)29-11-10-24(14-31(29)40-2)13-25-9-6-12-39-30(20-41-19-23-7-4-3-5-8-23)32(42-37-33(25)39)26-15-27(34)17-28(35)16-26/h3-5,7-8,10-11,13-18,21,30,32H,6,9,12,19-20H2,1-2H3/t30-,32+/m1/s1. The summed E-state index contributed by atoms with van der Waals surface area (Å²) >= 11 is 0. The quantitative estimate of drug-likeness (QED) is 0.238. The highest BCUT2D eigenvalue weighted by Gasteiger charge is 2.40. The molecule has 1 saturated heterocycles. The molecule has 7 nitrogen and oxygen atoms in total. The lowest BCUT2D eigenvalue weighted by Gasteiger charge is -2.43. The number of aromatic nitrogens is 2. The molecule has 0 radical (unpaired) electrons.